The highest BCUT2D eigenvalue weighted by Crippen LogP contribution is 2.43. The molecule has 1 saturated carbocycles. The third-order valence-corrected chi connectivity index (χ3v) is 5.53. The molecule has 1 aliphatic heterocycles. The van der Waals surface area contributed by atoms with E-state index in [-0.39, 0.29) is 0 Å². The second kappa shape index (κ2) is 6.70. The number of hydrogen-bond donors (Lipinski definition) is 1. The van der Waals surface area contributed by atoms with Crippen molar-refractivity contribution in [1.82, 2.24) is 5.32 Å². The van der Waals surface area contributed by atoms with E-state index in [0.29, 0.717) is 6.04 Å². The fourth-order valence-corrected chi connectivity index (χ4v) is 4.42. The summed E-state index contributed by atoms with van der Waals surface area (Å²) in [6.45, 7) is 6.44. The van der Waals surface area contributed by atoms with Gasteiger partial charge in [-0.05, 0) is 48.9 Å². The summed E-state index contributed by atoms with van der Waals surface area (Å²) in [6.07, 6.45) is 6.44. The van der Waals surface area contributed by atoms with Crippen LogP contribution in [-0.4, -0.2) is 13.2 Å². The van der Waals surface area contributed by atoms with Gasteiger partial charge in [-0.2, -0.15) is 0 Å². The van der Waals surface area contributed by atoms with Gasteiger partial charge in [-0.3, -0.25) is 0 Å². The van der Waals surface area contributed by atoms with Crippen LogP contribution in [0.25, 0.3) is 0 Å². The molecule has 1 unspecified atom stereocenters. The third-order valence-electron chi connectivity index (χ3n) is 5.07. The fraction of sp³-hybridized carbons (Fsp3) is 0.667. The van der Waals surface area contributed by atoms with Crippen molar-refractivity contribution < 1.29 is 4.74 Å². The molecule has 3 rings (SSSR count). The molecule has 0 radical (unpaired) electrons. The zero-order valence-electron chi connectivity index (χ0n) is 13.1. The van der Waals surface area contributed by atoms with Gasteiger partial charge in [0.1, 0.15) is 5.75 Å². The lowest BCUT2D eigenvalue weighted by atomic mass is 9.77. The summed E-state index contributed by atoms with van der Waals surface area (Å²) in [5, 5.41) is 3.74. The molecule has 1 fully saturated rings. The largest absolute Gasteiger partial charge is 0.493 e. The Labute approximate surface area is 136 Å². The Hall–Kier alpha value is -0.540. The van der Waals surface area contributed by atoms with Gasteiger partial charge < -0.3 is 10.1 Å². The molecule has 116 valence electrons. The van der Waals surface area contributed by atoms with Crippen LogP contribution in [-0.2, 0) is 6.42 Å². The van der Waals surface area contributed by atoms with E-state index in [0.717, 1.165) is 37.2 Å². The van der Waals surface area contributed by atoms with Crippen LogP contribution in [0, 0.1) is 11.8 Å². The van der Waals surface area contributed by atoms with E-state index in [9.17, 15) is 0 Å². The third kappa shape index (κ3) is 3.29. The maximum absolute atomic E-state index is 5.96. The van der Waals surface area contributed by atoms with Gasteiger partial charge in [0.2, 0.25) is 0 Å². The van der Waals surface area contributed by atoms with Gasteiger partial charge in [0.15, 0.2) is 0 Å². The van der Waals surface area contributed by atoms with Gasteiger partial charge in [-0.1, -0.05) is 42.6 Å². The minimum absolute atomic E-state index is 0.437. The zero-order valence-corrected chi connectivity index (χ0v) is 14.7. The molecule has 0 saturated heterocycles. The van der Waals surface area contributed by atoms with E-state index in [1.807, 2.05) is 0 Å². The summed E-state index contributed by atoms with van der Waals surface area (Å²) >= 11 is 3.69. The number of hydrogen-bond acceptors (Lipinski definition) is 2. The molecule has 1 N–H and O–H groups in total. The number of nitrogens with one attached hydrogen (secondary N) is 1. The molecule has 3 heteroatoms. The lowest BCUT2D eigenvalue weighted by Crippen LogP contribution is -2.31. The van der Waals surface area contributed by atoms with E-state index in [2.05, 4.69) is 47.2 Å². The maximum Gasteiger partial charge on any atom is 0.127 e. The molecule has 1 aromatic carbocycles. The summed E-state index contributed by atoms with van der Waals surface area (Å²) in [6, 6.07) is 4.93. The predicted octanol–water partition coefficient (Wildman–Crippen LogP) is 4.86. The van der Waals surface area contributed by atoms with E-state index in [1.54, 1.807) is 0 Å². The molecular weight excluding hydrogens is 326 g/mol. The molecule has 0 amide bonds. The Balaban J connectivity index is 1.90. The van der Waals surface area contributed by atoms with Crippen molar-refractivity contribution in [2.45, 2.75) is 52.0 Å². The van der Waals surface area contributed by atoms with Gasteiger partial charge in [0.05, 0.1) is 6.61 Å². The van der Waals surface area contributed by atoms with Gasteiger partial charge in [-0.25, -0.2) is 0 Å². The van der Waals surface area contributed by atoms with Crippen LogP contribution >= 0.6 is 15.9 Å². The summed E-state index contributed by atoms with van der Waals surface area (Å²) in [7, 11) is 0. The highest BCUT2D eigenvalue weighted by molar-refractivity contribution is 9.10. The smallest absolute Gasteiger partial charge is 0.127 e. The molecule has 1 heterocycles. The van der Waals surface area contributed by atoms with Crippen molar-refractivity contribution in [1.29, 1.82) is 0 Å². The van der Waals surface area contributed by atoms with Crippen LogP contribution < -0.4 is 10.1 Å². The van der Waals surface area contributed by atoms with Crippen molar-refractivity contribution in [2.75, 3.05) is 13.2 Å². The number of rotatable bonds is 4. The molecule has 2 aliphatic rings. The minimum Gasteiger partial charge on any atom is -0.493 e. The molecule has 2 nitrogen and oxygen atoms in total. The average molecular weight is 352 g/mol. The normalized spacial score (nSPS) is 26.2. The second-order valence-electron chi connectivity index (χ2n) is 6.64. The fourth-order valence-electron chi connectivity index (χ4n) is 3.90. The molecule has 21 heavy (non-hydrogen) atoms. The van der Waals surface area contributed by atoms with E-state index in [4.69, 9.17) is 4.74 Å². The van der Waals surface area contributed by atoms with E-state index < -0.39 is 0 Å². The number of fused-ring (bicyclic) bond motifs is 1. The Morgan fingerprint density at radius 3 is 2.76 bits per heavy atom. The first-order chi connectivity index (χ1) is 10.2. The first kappa shape index (κ1) is 15.4. The van der Waals surface area contributed by atoms with Crippen LogP contribution in [0.5, 0.6) is 5.75 Å². The monoisotopic (exact) mass is 351 g/mol. The quantitative estimate of drug-likeness (QED) is 0.836. The van der Waals surface area contributed by atoms with Crippen LogP contribution in [0.2, 0.25) is 0 Å². The van der Waals surface area contributed by atoms with Crippen molar-refractivity contribution in [3.05, 3.63) is 27.7 Å². The molecule has 1 aliphatic carbocycles. The summed E-state index contributed by atoms with van der Waals surface area (Å²) in [4.78, 5) is 0. The van der Waals surface area contributed by atoms with Gasteiger partial charge in [-0.15, -0.1) is 0 Å². The van der Waals surface area contributed by atoms with E-state index >= 15 is 0 Å². The summed E-state index contributed by atoms with van der Waals surface area (Å²) in [5.41, 5.74) is 2.74. The minimum atomic E-state index is 0.437. The summed E-state index contributed by atoms with van der Waals surface area (Å²) < 4.78 is 7.15. The first-order valence-electron chi connectivity index (χ1n) is 8.37. The van der Waals surface area contributed by atoms with E-state index in [1.165, 1.54) is 41.3 Å². The van der Waals surface area contributed by atoms with Crippen molar-refractivity contribution in [3.63, 3.8) is 0 Å². The second-order valence-corrected chi connectivity index (χ2v) is 7.55. The molecular formula is C18H26BrNO. The molecule has 0 spiro atoms. The SMILES string of the molecule is CCNC(c1cc(Br)cc2c1OCC2)C1CCC(C)CC1. The number of ether oxygens (including phenoxy) is 1. The van der Waals surface area contributed by atoms with Gasteiger partial charge >= 0.3 is 0 Å². The highest BCUT2D eigenvalue weighted by Gasteiger charge is 2.30. The standard InChI is InChI=1S/C18H26BrNO/c1-3-20-17(13-6-4-12(2)5-7-13)16-11-15(19)10-14-8-9-21-18(14)16/h10-13,17,20H,3-9H2,1-2H3. The summed E-state index contributed by atoms with van der Waals surface area (Å²) in [5.74, 6) is 2.79. The van der Waals surface area contributed by atoms with Gasteiger partial charge in [0, 0.05) is 22.5 Å². The highest BCUT2D eigenvalue weighted by atomic mass is 79.9. The average Bonchev–Trinajstić information content (AvgIpc) is 2.93. The van der Waals surface area contributed by atoms with Crippen molar-refractivity contribution >= 4 is 15.9 Å². The lowest BCUT2D eigenvalue weighted by Gasteiger charge is -2.34. The van der Waals surface area contributed by atoms with Crippen LogP contribution in [0.3, 0.4) is 0 Å². The Kier molecular flexibility index (Phi) is 4.90. The topological polar surface area (TPSA) is 21.3 Å². The number of halogens is 1. The van der Waals surface area contributed by atoms with Crippen LogP contribution in [0.4, 0.5) is 0 Å². The Morgan fingerprint density at radius 2 is 2.05 bits per heavy atom. The Bertz CT molecular complexity index is 494. The molecule has 1 aromatic rings. The van der Waals surface area contributed by atoms with Crippen LogP contribution in [0.1, 0.15) is 56.7 Å². The zero-order chi connectivity index (χ0) is 14.8. The molecule has 1 atom stereocenters. The van der Waals surface area contributed by atoms with Gasteiger partial charge in [0.25, 0.3) is 0 Å². The lowest BCUT2D eigenvalue weighted by molar-refractivity contribution is 0.229. The van der Waals surface area contributed by atoms with Crippen molar-refractivity contribution in [3.8, 4) is 5.75 Å². The number of benzene rings is 1. The maximum atomic E-state index is 5.96. The first-order valence-corrected chi connectivity index (χ1v) is 9.16. The van der Waals surface area contributed by atoms with Crippen molar-refractivity contribution in [2.24, 2.45) is 11.8 Å². The molecule has 0 aromatic heterocycles. The van der Waals surface area contributed by atoms with Crippen LogP contribution in [0.15, 0.2) is 16.6 Å². The Morgan fingerprint density at radius 1 is 1.29 bits per heavy atom. The molecule has 0 bridgehead atoms. The predicted molar refractivity (Wildman–Crippen MR) is 90.9 cm³/mol.